The van der Waals surface area contributed by atoms with Gasteiger partial charge in [-0.15, -0.1) is 0 Å². The lowest BCUT2D eigenvalue weighted by Crippen LogP contribution is -2.53. The van der Waals surface area contributed by atoms with Gasteiger partial charge in [-0.25, -0.2) is 0 Å². The highest BCUT2D eigenvalue weighted by molar-refractivity contribution is 5.76. The van der Waals surface area contributed by atoms with Crippen LogP contribution in [-0.2, 0) is 14.3 Å². The third-order valence-corrected chi connectivity index (χ3v) is 1.90. The van der Waals surface area contributed by atoms with Crippen molar-refractivity contribution in [1.82, 2.24) is 0 Å². The smallest absolute Gasteiger partial charge is 0.402 e. The van der Waals surface area contributed by atoms with Gasteiger partial charge in [0.15, 0.2) is 5.92 Å². The topological polar surface area (TPSA) is 61.5 Å². The number of nitrogens with two attached hydrogens (primary N) is 1. The monoisotopic (exact) mass is 295 g/mol. The minimum atomic E-state index is -5.70. The van der Waals surface area contributed by atoms with E-state index in [0.717, 1.165) is 6.26 Å². The number of ether oxygens (including phenoxy) is 2. The Kier molecular flexibility index (Phi) is 6.13. The average molecular weight is 295 g/mol. The minimum absolute atomic E-state index is 0.259. The summed E-state index contributed by atoms with van der Waals surface area (Å²) in [5, 5.41) is 0. The van der Waals surface area contributed by atoms with E-state index in [9.17, 15) is 31.1 Å². The van der Waals surface area contributed by atoms with Crippen LogP contribution in [0.1, 0.15) is 0 Å². The van der Waals surface area contributed by atoms with E-state index in [1.165, 1.54) is 0 Å². The molecular formula is C9H11F6NO3. The fraction of sp³-hybridized carbons (Fsp3) is 0.667. The van der Waals surface area contributed by atoms with Crippen LogP contribution in [0.5, 0.6) is 0 Å². The number of esters is 1. The quantitative estimate of drug-likeness (QED) is 0.351. The van der Waals surface area contributed by atoms with Crippen molar-refractivity contribution in [1.29, 1.82) is 0 Å². The normalized spacial score (nSPS) is 14.1. The Hall–Kier alpha value is -1.45. The largest absolute Gasteiger partial charge is 0.498 e. The van der Waals surface area contributed by atoms with Crippen LogP contribution in [0.4, 0.5) is 26.3 Å². The molecule has 0 heterocycles. The van der Waals surface area contributed by atoms with Gasteiger partial charge in [-0.2, -0.15) is 26.3 Å². The predicted molar refractivity (Wildman–Crippen MR) is 50.7 cm³/mol. The van der Waals surface area contributed by atoms with Crippen molar-refractivity contribution < 1.29 is 40.6 Å². The SMILES string of the molecule is C=COCCOC(=O)C(N)C(C(F)(F)F)C(F)(F)F. The molecule has 0 aliphatic heterocycles. The van der Waals surface area contributed by atoms with Crippen LogP contribution in [0, 0.1) is 5.92 Å². The van der Waals surface area contributed by atoms with Gasteiger partial charge in [0.2, 0.25) is 0 Å². The summed E-state index contributed by atoms with van der Waals surface area (Å²) in [5.74, 6) is -5.79. The molecule has 0 aromatic carbocycles. The first-order chi connectivity index (χ1) is 8.51. The summed E-state index contributed by atoms with van der Waals surface area (Å²) in [4.78, 5) is 11.0. The standard InChI is InChI=1S/C9H11F6NO3/c1-2-18-3-4-19-7(17)5(16)6(8(10,11)12)9(13,14)15/h2,5-6H,1,3-4,16H2. The Labute approximate surface area is 104 Å². The first-order valence-corrected chi connectivity index (χ1v) is 4.80. The summed E-state index contributed by atoms with van der Waals surface area (Å²) in [6, 6.07) is -2.89. The second-order valence-electron chi connectivity index (χ2n) is 3.29. The van der Waals surface area contributed by atoms with Crippen LogP contribution in [0.15, 0.2) is 12.8 Å². The van der Waals surface area contributed by atoms with Gasteiger partial charge in [0.05, 0.1) is 6.26 Å². The second-order valence-corrected chi connectivity index (χ2v) is 3.29. The predicted octanol–water partition coefficient (Wildman–Crippen LogP) is 1.76. The van der Waals surface area contributed by atoms with Crippen molar-refractivity contribution in [3.8, 4) is 0 Å². The molecular weight excluding hydrogens is 284 g/mol. The van der Waals surface area contributed by atoms with Crippen molar-refractivity contribution in [3.05, 3.63) is 12.8 Å². The Balaban J connectivity index is 4.68. The van der Waals surface area contributed by atoms with E-state index in [-0.39, 0.29) is 6.61 Å². The lowest BCUT2D eigenvalue weighted by Gasteiger charge is -2.26. The van der Waals surface area contributed by atoms with E-state index < -0.39 is 36.9 Å². The molecule has 2 N–H and O–H groups in total. The summed E-state index contributed by atoms with van der Waals surface area (Å²) in [5.41, 5.74) is 4.67. The van der Waals surface area contributed by atoms with E-state index in [2.05, 4.69) is 21.8 Å². The number of hydrogen-bond donors (Lipinski definition) is 1. The van der Waals surface area contributed by atoms with E-state index >= 15 is 0 Å². The van der Waals surface area contributed by atoms with Crippen molar-refractivity contribution in [3.63, 3.8) is 0 Å². The lowest BCUT2D eigenvalue weighted by molar-refractivity contribution is -0.289. The molecule has 1 unspecified atom stereocenters. The van der Waals surface area contributed by atoms with Gasteiger partial charge in [-0.1, -0.05) is 6.58 Å². The zero-order valence-corrected chi connectivity index (χ0v) is 9.42. The Morgan fingerprint density at radius 3 is 2.00 bits per heavy atom. The van der Waals surface area contributed by atoms with Gasteiger partial charge in [-0.3, -0.25) is 4.79 Å². The Morgan fingerprint density at radius 1 is 1.16 bits per heavy atom. The fourth-order valence-electron chi connectivity index (χ4n) is 1.10. The first-order valence-electron chi connectivity index (χ1n) is 4.80. The highest BCUT2D eigenvalue weighted by atomic mass is 19.4. The number of carbonyl (C=O) groups excluding carboxylic acids is 1. The van der Waals surface area contributed by atoms with Gasteiger partial charge in [-0.05, 0) is 0 Å². The van der Waals surface area contributed by atoms with Crippen LogP contribution in [0.3, 0.4) is 0 Å². The minimum Gasteiger partial charge on any atom is -0.498 e. The average Bonchev–Trinajstić information content (AvgIpc) is 2.19. The van der Waals surface area contributed by atoms with Gasteiger partial charge in [0.1, 0.15) is 19.3 Å². The molecule has 0 aromatic heterocycles. The summed E-state index contributed by atoms with van der Waals surface area (Å²) in [7, 11) is 0. The van der Waals surface area contributed by atoms with Crippen LogP contribution in [0.25, 0.3) is 0 Å². The molecule has 1 atom stereocenters. The van der Waals surface area contributed by atoms with E-state index in [0.29, 0.717) is 0 Å². The number of halogens is 6. The lowest BCUT2D eigenvalue weighted by atomic mass is 9.99. The van der Waals surface area contributed by atoms with Crippen molar-refractivity contribution in [2.24, 2.45) is 11.7 Å². The third-order valence-electron chi connectivity index (χ3n) is 1.90. The maximum absolute atomic E-state index is 12.2. The van der Waals surface area contributed by atoms with Crippen LogP contribution >= 0.6 is 0 Å². The molecule has 0 radical (unpaired) electrons. The first kappa shape index (κ1) is 17.6. The highest BCUT2D eigenvalue weighted by Gasteiger charge is 2.61. The Morgan fingerprint density at radius 2 is 1.63 bits per heavy atom. The van der Waals surface area contributed by atoms with Gasteiger partial charge >= 0.3 is 18.3 Å². The molecule has 0 rings (SSSR count). The zero-order chi connectivity index (χ0) is 15.3. The number of carbonyl (C=O) groups is 1. The molecule has 0 aliphatic rings. The molecule has 112 valence electrons. The molecule has 0 spiro atoms. The number of rotatable bonds is 6. The van der Waals surface area contributed by atoms with Crippen LogP contribution in [0.2, 0.25) is 0 Å². The van der Waals surface area contributed by atoms with Gasteiger partial charge in [0.25, 0.3) is 0 Å². The molecule has 0 aromatic rings. The summed E-state index contributed by atoms with van der Waals surface area (Å²) >= 11 is 0. The molecule has 0 bridgehead atoms. The van der Waals surface area contributed by atoms with Crippen molar-refractivity contribution in [2.75, 3.05) is 13.2 Å². The zero-order valence-electron chi connectivity index (χ0n) is 9.42. The van der Waals surface area contributed by atoms with Gasteiger partial charge in [0, 0.05) is 0 Å². The third kappa shape index (κ3) is 5.81. The summed E-state index contributed by atoms with van der Waals surface area (Å²) in [6.07, 6.45) is -10.4. The molecule has 0 amide bonds. The van der Waals surface area contributed by atoms with E-state index in [1.807, 2.05) is 0 Å². The number of alkyl halides is 6. The van der Waals surface area contributed by atoms with Crippen LogP contribution < -0.4 is 5.73 Å². The van der Waals surface area contributed by atoms with Gasteiger partial charge < -0.3 is 15.2 Å². The molecule has 10 heteroatoms. The van der Waals surface area contributed by atoms with Crippen LogP contribution in [-0.4, -0.2) is 37.6 Å². The van der Waals surface area contributed by atoms with E-state index in [4.69, 9.17) is 0 Å². The van der Waals surface area contributed by atoms with Crippen molar-refractivity contribution >= 4 is 5.97 Å². The Bertz CT molecular complexity index is 300. The molecule has 0 saturated heterocycles. The van der Waals surface area contributed by atoms with E-state index in [1.54, 1.807) is 0 Å². The maximum Gasteiger partial charge on any atom is 0.402 e. The molecule has 4 nitrogen and oxygen atoms in total. The maximum atomic E-state index is 12.2. The second kappa shape index (κ2) is 6.64. The number of hydrogen-bond acceptors (Lipinski definition) is 4. The molecule has 0 fully saturated rings. The molecule has 0 saturated carbocycles. The molecule has 19 heavy (non-hydrogen) atoms. The summed E-state index contributed by atoms with van der Waals surface area (Å²) < 4.78 is 81.9. The highest BCUT2D eigenvalue weighted by Crippen LogP contribution is 2.41. The van der Waals surface area contributed by atoms with Crippen molar-refractivity contribution in [2.45, 2.75) is 18.4 Å². The summed E-state index contributed by atoms with van der Waals surface area (Å²) in [6.45, 7) is 2.32. The fourth-order valence-corrected chi connectivity index (χ4v) is 1.10. The molecule has 0 aliphatic carbocycles.